The molecule has 10 nitrogen and oxygen atoms in total. The highest BCUT2D eigenvalue weighted by molar-refractivity contribution is 6.32. The number of fused-ring (bicyclic) bond motifs is 3. The zero-order chi connectivity index (χ0) is 26.8. The standard InChI is InChI=1S/C27H21NO9/c28-26(36)20-17(31)9-15-22(32)19-14(8-11-3-1-4-12(7-11)10-29)13-5-2-6-16(30)18(13)23(33)21(19)25(35)27(15,37)24(20)34/h1-8,10,15,19-22,30,32,37H,9H2,(H2,28,36)/b14-8+. The van der Waals surface area contributed by atoms with Crippen LogP contribution in [-0.2, 0) is 19.2 Å². The number of Topliss-reactive ketones (excluding diaryl/α,β-unsaturated/α-hetero) is 4. The van der Waals surface area contributed by atoms with Gasteiger partial charge in [-0.15, -0.1) is 0 Å². The van der Waals surface area contributed by atoms with Crippen LogP contribution in [0.3, 0.4) is 0 Å². The van der Waals surface area contributed by atoms with E-state index in [0.717, 1.165) is 0 Å². The van der Waals surface area contributed by atoms with Gasteiger partial charge in [-0.2, -0.15) is 0 Å². The number of primary amides is 1. The number of carbonyl (C=O) groups is 6. The third-order valence-corrected chi connectivity index (χ3v) is 7.61. The summed E-state index contributed by atoms with van der Waals surface area (Å²) >= 11 is 0. The molecule has 0 aromatic heterocycles. The van der Waals surface area contributed by atoms with Gasteiger partial charge in [-0.05, 0) is 28.8 Å². The van der Waals surface area contributed by atoms with Gasteiger partial charge in [0.2, 0.25) is 5.91 Å². The molecular weight excluding hydrogens is 482 g/mol. The summed E-state index contributed by atoms with van der Waals surface area (Å²) in [6.45, 7) is 0. The Labute approximate surface area is 209 Å². The Morgan fingerprint density at radius 3 is 2.38 bits per heavy atom. The summed E-state index contributed by atoms with van der Waals surface area (Å²) < 4.78 is 0. The molecule has 10 heteroatoms. The van der Waals surface area contributed by atoms with Gasteiger partial charge in [0.25, 0.3) is 0 Å². The highest BCUT2D eigenvalue weighted by atomic mass is 16.3. The largest absolute Gasteiger partial charge is 0.507 e. The summed E-state index contributed by atoms with van der Waals surface area (Å²) in [5, 5.41) is 33.4. The van der Waals surface area contributed by atoms with Crippen LogP contribution in [0.25, 0.3) is 11.6 Å². The number of aldehydes is 1. The Kier molecular flexibility index (Phi) is 5.54. The smallest absolute Gasteiger partial charge is 0.235 e. The van der Waals surface area contributed by atoms with Crippen molar-refractivity contribution in [1.82, 2.24) is 0 Å². The average molecular weight is 503 g/mol. The van der Waals surface area contributed by atoms with Crippen molar-refractivity contribution in [3.63, 3.8) is 0 Å². The molecule has 3 aliphatic carbocycles. The predicted molar refractivity (Wildman–Crippen MR) is 126 cm³/mol. The Hall–Kier alpha value is -4.28. The Morgan fingerprint density at radius 2 is 1.70 bits per heavy atom. The number of rotatable bonds is 3. The molecule has 2 aromatic carbocycles. The van der Waals surface area contributed by atoms with E-state index in [-0.39, 0.29) is 16.7 Å². The molecule has 5 rings (SSSR count). The summed E-state index contributed by atoms with van der Waals surface area (Å²) in [6.07, 6.45) is -0.271. The molecule has 0 bridgehead atoms. The zero-order valence-corrected chi connectivity index (χ0v) is 19.2. The molecule has 0 spiro atoms. The number of benzene rings is 2. The molecule has 1 amide bonds. The fourth-order valence-corrected chi connectivity index (χ4v) is 5.93. The van der Waals surface area contributed by atoms with Crippen LogP contribution in [0.2, 0.25) is 0 Å². The van der Waals surface area contributed by atoms with E-state index in [1.165, 1.54) is 30.3 Å². The van der Waals surface area contributed by atoms with Crippen LogP contribution in [-0.4, -0.2) is 62.4 Å². The number of carbonyl (C=O) groups excluding carboxylic acids is 6. The molecule has 5 N–H and O–H groups in total. The first-order valence-corrected chi connectivity index (χ1v) is 11.5. The van der Waals surface area contributed by atoms with Crippen LogP contribution in [0, 0.1) is 23.7 Å². The topological polar surface area (TPSA) is 189 Å². The molecule has 6 unspecified atom stereocenters. The van der Waals surface area contributed by atoms with Crippen LogP contribution < -0.4 is 5.73 Å². The molecule has 2 saturated carbocycles. The number of aliphatic hydroxyl groups excluding tert-OH is 1. The lowest BCUT2D eigenvalue weighted by Gasteiger charge is -2.51. The van der Waals surface area contributed by atoms with Gasteiger partial charge >= 0.3 is 0 Å². The third kappa shape index (κ3) is 3.33. The zero-order valence-electron chi connectivity index (χ0n) is 19.2. The Bertz CT molecular complexity index is 1460. The number of hydrogen-bond donors (Lipinski definition) is 4. The van der Waals surface area contributed by atoms with Gasteiger partial charge in [0.05, 0.1) is 17.6 Å². The summed E-state index contributed by atoms with van der Waals surface area (Å²) in [5.74, 6) is -13.2. The monoisotopic (exact) mass is 503 g/mol. The van der Waals surface area contributed by atoms with Gasteiger partial charge in [-0.25, -0.2) is 0 Å². The van der Waals surface area contributed by atoms with Crippen molar-refractivity contribution >= 4 is 47.0 Å². The van der Waals surface area contributed by atoms with Crippen molar-refractivity contribution in [2.45, 2.75) is 18.1 Å². The van der Waals surface area contributed by atoms with Crippen LogP contribution in [0.15, 0.2) is 42.5 Å². The number of nitrogens with two attached hydrogens (primary N) is 1. The van der Waals surface area contributed by atoms with E-state index in [9.17, 15) is 44.1 Å². The second kappa shape index (κ2) is 8.39. The molecule has 0 aliphatic heterocycles. The van der Waals surface area contributed by atoms with Gasteiger partial charge in [0.1, 0.15) is 12.0 Å². The van der Waals surface area contributed by atoms with Crippen molar-refractivity contribution in [2.75, 3.05) is 0 Å². The minimum absolute atomic E-state index is 0.212. The highest BCUT2D eigenvalue weighted by Crippen LogP contribution is 2.54. The molecule has 0 heterocycles. The minimum atomic E-state index is -3.01. The maximum absolute atomic E-state index is 13.8. The third-order valence-electron chi connectivity index (χ3n) is 7.61. The average Bonchev–Trinajstić information content (AvgIpc) is 2.86. The van der Waals surface area contributed by atoms with Crippen molar-refractivity contribution in [3.05, 3.63) is 64.7 Å². The number of aromatic hydroxyl groups is 1. The van der Waals surface area contributed by atoms with Gasteiger partial charge in [-0.1, -0.05) is 36.4 Å². The van der Waals surface area contributed by atoms with E-state index in [4.69, 9.17) is 5.73 Å². The molecule has 0 radical (unpaired) electrons. The van der Waals surface area contributed by atoms with Gasteiger partial charge < -0.3 is 21.1 Å². The van der Waals surface area contributed by atoms with Crippen LogP contribution in [0.1, 0.15) is 38.3 Å². The lowest BCUT2D eigenvalue weighted by Crippen LogP contribution is -2.72. The van der Waals surface area contributed by atoms with E-state index in [1.807, 2.05) is 0 Å². The normalized spacial score (nSPS) is 31.9. The first kappa shape index (κ1) is 24.4. The SMILES string of the molecule is NC(=O)C1C(=O)CC2C(O)C3/C(=C/c4cccc(C=O)c4)c4cccc(O)c4C(=O)C3C(=O)C2(O)C1=O. The van der Waals surface area contributed by atoms with E-state index >= 15 is 0 Å². The fraction of sp³-hybridized carbons (Fsp3) is 0.259. The maximum atomic E-state index is 13.8. The summed E-state index contributed by atoms with van der Waals surface area (Å²) in [4.78, 5) is 76.1. The Morgan fingerprint density at radius 1 is 1.03 bits per heavy atom. The van der Waals surface area contributed by atoms with Crippen molar-refractivity contribution in [1.29, 1.82) is 0 Å². The van der Waals surface area contributed by atoms with E-state index in [1.54, 1.807) is 18.2 Å². The van der Waals surface area contributed by atoms with E-state index < -0.39 is 76.6 Å². The summed E-state index contributed by atoms with van der Waals surface area (Å²) in [7, 11) is 0. The highest BCUT2D eigenvalue weighted by Gasteiger charge is 2.69. The number of aliphatic hydroxyl groups is 2. The number of phenols is 1. The predicted octanol–water partition coefficient (Wildman–Crippen LogP) is 0.108. The first-order valence-electron chi connectivity index (χ1n) is 11.5. The number of ketones is 4. The Balaban J connectivity index is 1.75. The van der Waals surface area contributed by atoms with Gasteiger partial charge in [0.15, 0.2) is 34.7 Å². The number of hydrogen-bond acceptors (Lipinski definition) is 9. The first-order chi connectivity index (χ1) is 17.5. The second-order valence-corrected chi connectivity index (χ2v) is 9.55. The quantitative estimate of drug-likeness (QED) is 0.333. The summed E-state index contributed by atoms with van der Waals surface area (Å²) in [6, 6.07) is 10.6. The lowest BCUT2D eigenvalue weighted by atomic mass is 9.51. The van der Waals surface area contributed by atoms with Crippen molar-refractivity contribution in [2.24, 2.45) is 29.4 Å². The van der Waals surface area contributed by atoms with Crippen molar-refractivity contribution < 1.29 is 44.1 Å². The van der Waals surface area contributed by atoms with Crippen LogP contribution in [0.4, 0.5) is 0 Å². The molecule has 3 aliphatic rings. The van der Waals surface area contributed by atoms with E-state index in [2.05, 4.69) is 0 Å². The molecule has 2 aromatic rings. The maximum Gasteiger partial charge on any atom is 0.235 e. The minimum Gasteiger partial charge on any atom is -0.507 e. The number of amides is 1. The molecule has 6 atom stereocenters. The van der Waals surface area contributed by atoms with Crippen LogP contribution in [0.5, 0.6) is 5.75 Å². The second-order valence-electron chi connectivity index (χ2n) is 9.55. The number of phenolic OH excluding ortho intramolecular Hbond substituents is 1. The van der Waals surface area contributed by atoms with Crippen molar-refractivity contribution in [3.8, 4) is 5.75 Å². The fourth-order valence-electron chi connectivity index (χ4n) is 5.93. The van der Waals surface area contributed by atoms with E-state index in [0.29, 0.717) is 17.4 Å². The molecular formula is C27H21NO9. The van der Waals surface area contributed by atoms with Gasteiger partial charge in [-0.3, -0.25) is 28.8 Å². The van der Waals surface area contributed by atoms with Crippen LogP contribution >= 0.6 is 0 Å². The lowest BCUT2D eigenvalue weighted by molar-refractivity contribution is -0.185. The van der Waals surface area contributed by atoms with Gasteiger partial charge in [0, 0.05) is 23.8 Å². The molecule has 188 valence electrons. The molecule has 0 saturated heterocycles. The molecule has 37 heavy (non-hydrogen) atoms. The summed E-state index contributed by atoms with van der Waals surface area (Å²) in [5.41, 5.74) is 3.20. The molecule has 2 fully saturated rings.